The fourth-order valence-electron chi connectivity index (χ4n) is 4.05. The Morgan fingerprint density at radius 3 is 2.71 bits per heavy atom. The lowest BCUT2D eigenvalue weighted by atomic mass is 9.94. The Kier molecular flexibility index (Phi) is 4.79. The van der Waals surface area contributed by atoms with Crippen molar-refractivity contribution in [1.82, 2.24) is 4.98 Å². The molecule has 2 aromatic carbocycles. The third-order valence-electron chi connectivity index (χ3n) is 5.42. The van der Waals surface area contributed by atoms with Crippen LogP contribution in [0.25, 0.3) is 5.76 Å². The van der Waals surface area contributed by atoms with Crippen molar-refractivity contribution in [1.29, 1.82) is 0 Å². The Morgan fingerprint density at radius 2 is 2.00 bits per heavy atom. The molecule has 3 aromatic rings. The summed E-state index contributed by atoms with van der Waals surface area (Å²) in [6, 6.07) is 11.3. The first kappa shape index (κ1) is 19.8. The first-order valence-electron chi connectivity index (χ1n) is 9.70. The predicted octanol–water partition coefficient (Wildman–Crippen LogP) is 4.75. The molecule has 2 atom stereocenters. The number of nitrogens with zero attached hydrogens (tertiary/aromatic N) is 2. The van der Waals surface area contributed by atoms with E-state index in [1.165, 1.54) is 16.2 Å². The number of Topliss-reactive ketones (excluding diaryl/α,β-unsaturated/α-hetero) is 1. The highest BCUT2D eigenvalue weighted by Gasteiger charge is 2.48. The third kappa shape index (κ3) is 3.30. The highest BCUT2D eigenvalue weighted by molar-refractivity contribution is 7.14. The van der Waals surface area contributed by atoms with E-state index in [4.69, 9.17) is 16.3 Å². The van der Waals surface area contributed by atoms with E-state index in [1.807, 2.05) is 13.0 Å². The monoisotopic (exact) mass is 452 g/mol. The van der Waals surface area contributed by atoms with Crippen LogP contribution in [0.1, 0.15) is 29.7 Å². The van der Waals surface area contributed by atoms with Crippen LogP contribution in [-0.2, 0) is 16.0 Å². The number of carbonyl (C=O) groups excluding carboxylic acids is 2. The number of rotatable bonds is 3. The SMILES string of the molecule is C[C@H]1Cc2cc(/C(O)=C3\C(=O)C(=O)N(c4nccs4)[C@@H]3c3ccc(Cl)cc3)ccc2O1. The van der Waals surface area contributed by atoms with Crippen molar-refractivity contribution in [2.75, 3.05) is 4.90 Å². The number of aliphatic hydroxyl groups excluding tert-OH is 1. The zero-order chi connectivity index (χ0) is 21.7. The van der Waals surface area contributed by atoms with Gasteiger partial charge in [-0.3, -0.25) is 14.5 Å². The molecule has 6 nitrogen and oxygen atoms in total. The van der Waals surface area contributed by atoms with Gasteiger partial charge in [0.1, 0.15) is 17.6 Å². The molecular weight excluding hydrogens is 436 g/mol. The molecule has 1 amide bonds. The summed E-state index contributed by atoms with van der Waals surface area (Å²) < 4.78 is 5.73. The topological polar surface area (TPSA) is 79.7 Å². The van der Waals surface area contributed by atoms with Gasteiger partial charge < -0.3 is 9.84 Å². The van der Waals surface area contributed by atoms with E-state index in [-0.39, 0.29) is 17.4 Å². The Labute approximate surface area is 187 Å². The molecule has 31 heavy (non-hydrogen) atoms. The van der Waals surface area contributed by atoms with Gasteiger partial charge in [0, 0.05) is 28.6 Å². The van der Waals surface area contributed by atoms with Crippen LogP contribution in [0, 0.1) is 0 Å². The van der Waals surface area contributed by atoms with Gasteiger partial charge >= 0.3 is 5.91 Å². The Morgan fingerprint density at radius 1 is 1.23 bits per heavy atom. The second-order valence-electron chi connectivity index (χ2n) is 7.49. The van der Waals surface area contributed by atoms with Gasteiger partial charge in [-0.2, -0.15) is 0 Å². The maximum absolute atomic E-state index is 13.1. The van der Waals surface area contributed by atoms with Crippen molar-refractivity contribution < 1.29 is 19.4 Å². The summed E-state index contributed by atoms with van der Waals surface area (Å²) in [7, 11) is 0. The summed E-state index contributed by atoms with van der Waals surface area (Å²) in [4.78, 5) is 31.6. The van der Waals surface area contributed by atoms with Crippen LogP contribution in [0.4, 0.5) is 5.13 Å². The number of halogens is 1. The van der Waals surface area contributed by atoms with Crippen LogP contribution < -0.4 is 9.64 Å². The van der Waals surface area contributed by atoms with Gasteiger partial charge in [0.25, 0.3) is 5.78 Å². The minimum atomic E-state index is -0.813. The summed E-state index contributed by atoms with van der Waals surface area (Å²) in [6.07, 6.45) is 2.33. The Bertz CT molecular complexity index is 1220. The number of aliphatic hydroxyl groups is 1. The molecular formula is C23H17ClN2O4S. The van der Waals surface area contributed by atoms with E-state index < -0.39 is 17.7 Å². The number of hydrogen-bond donors (Lipinski definition) is 1. The molecule has 8 heteroatoms. The number of aromatic nitrogens is 1. The number of amides is 1. The molecule has 0 unspecified atom stereocenters. The van der Waals surface area contributed by atoms with Crippen LogP contribution in [0.2, 0.25) is 5.02 Å². The van der Waals surface area contributed by atoms with E-state index in [0.29, 0.717) is 27.7 Å². The minimum Gasteiger partial charge on any atom is -0.507 e. The highest BCUT2D eigenvalue weighted by Crippen LogP contribution is 2.43. The predicted molar refractivity (Wildman–Crippen MR) is 119 cm³/mol. The van der Waals surface area contributed by atoms with Crippen LogP contribution in [0.15, 0.2) is 59.6 Å². The van der Waals surface area contributed by atoms with Crippen molar-refractivity contribution in [3.8, 4) is 5.75 Å². The van der Waals surface area contributed by atoms with Gasteiger partial charge in [0.05, 0.1) is 11.6 Å². The smallest absolute Gasteiger partial charge is 0.301 e. The summed E-state index contributed by atoms with van der Waals surface area (Å²) >= 11 is 7.29. The van der Waals surface area contributed by atoms with E-state index in [1.54, 1.807) is 48.0 Å². The van der Waals surface area contributed by atoms with E-state index >= 15 is 0 Å². The Balaban J connectivity index is 1.68. The first-order valence-corrected chi connectivity index (χ1v) is 11.0. The third-order valence-corrected chi connectivity index (χ3v) is 6.45. The second kappa shape index (κ2) is 7.51. The standard InChI is InChI=1S/C23H17ClN2O4S/c1-12-10-15-11-14(4-7-17(15)30-12)20(27)18-19(13-2-5-16(24)6-3-13)26(22(29)21(18)28)23-25-8-9-31-23/h2-9,11-12,19,27H,10H2,1H3/b20-18+/t12-,19+/m0/s1. The molecule has 1 fully saturated rings. The summed E-state index contributed by atoms with van der Waals surface area (Å²) in [5, 5.41) is 13.9. The highest BCUT2D eigenvalue weighted by atomic mass is 35.5. The van der Waals surface area contributed by atoms with Gasteiger partial charge in [0.2, 0.25) is 0 Å². The molecule has 0 aliphatic carbocycles. The Hall–Kier alpha value is -3.16. The quantitative estimate of drug-likeness (QED) is 0.352. The van der Waals surface area contributed by atoms with Gasteiger partial charge in [-0.15, -0.1) is 11.3 Å². The number of anilines is 1. The molecule has 0 bridgehead atoms. The van der Waals surface area contributed by atoms with Crippen molar-refractivity contribution in [2.45, 2.75) is 25.5 Å². The number of ketones is 1. The molecule has 156 valence electrons. The fourth-order valence-corrected chi connectivity index (χ4v) is 4.84. The maximum atomic E-state index is 13.1. The number of benzene rings is 2. The average Bonchev–Trinajstić information content (AvgIpc) is 3.46. The van der Waals surface area contributed by atoms with E-state index in [9.17, 15) is 14.7 Å². The lowest BCUT2D eigenvalue weighted by Gasteiger charge is -2.23. The molecule has 3 heterocycles. The molecule has 2 aliphatic rings. The molecule has 1 aromatic heterocycles. The molecule has 1 N–H and O–H groups in total. The largest absolute Gasteiger partial charge is 0.507 e. The fraction of sp³-hybridized carbons (Fsp3) is 0.174. The van der Waals surface area contributed by atoms with Crippen LogP contribution in [0.3, 0.4) is 0 Å². The zero-order valence-electron chi connectivity index (χ0n) is 16.4. The average molecular weight is 453 g/mol. The van der Waals surface area contributed by atoms with Crippen molar-refractivity contribution in [3.63, 3.8) is 0 Å². The molecule has 0 radical (unpaired) electrons. The minimum absolute atomic E-state index is 0.0226. The van der Waals surface area contributed by atoms with Gasteiger partial charge in [-0.1, -0.05) is 23.7 Å². The van der Waals surface area contributed by atoms with Crippen LogP contribution >= 0.6 is 22.9 Å². The maximum Gasteiger partial charge on any atom is 0.301 e. The van der Waals surface area contributed by atoms with Gasteiger partial charge in [0.15, 0.2) is 5.13 Å². The van der Waals surface area contributed by atoms with Gasteiger partial charge in [-0.05, 0) is 48.4 Å². The number of hydrogen-bond acceptors (Lipinski definition) is 6. The number of carbonyl (C=O) groups is 2. The van der Waals surface area contributed by atoms with E-state index in [0.717, 1.165) is 11.3 Å². The molecule has 1 saturated heterocycles. The lowest BCUT2D eigenvalue weighted by Crippen LogP contribution is -2.29. The van der Waals surface area contributed by atoms with Crippen LogP contribution in [0.5, 0.6) is 5.75 Å². The van der Waals surface area contributed by atoms with Crippen LogP contribution in [-0.4, -0.2) is 27.9 Å². The van der Waals surface area contributed by atoms with Gasteiger partial charge in [-0.25, -0.2) is 4.98 Å². The lowest BCUT2D eigenvalue weighted by molar-refractivity contribution is -0.132. The molecule has 0 spiro atoms. The summed E-state index contributed by atoms with van der Waals surface area (Å²) in [6.45, 7) is 1.97. The first-order chi connectivity index (χ1) is 14.9. The molecule has 5 rings (SSSR count). The van der Waals surface area contributed by atoms with Crippen molar-refractivity contribution >= 4 is 45.5 Å². The molecule has 2 aliphatic heterocycles. The second-order valence-corrected chi connectivity index (χ2v) is 8.80. The summed E-state index contributed by atoms with van der Waals surface area (Å²) in [5.41, 5.74) is 2.09. The zero-order valence-corrected chi connectivity index (χ0v) is 18.0. The molecule has 0 saturated carbocycles. The van der Waals surface area contributed by atoms with E-state index in [2.05, 4.69) is 4.98 Å². The van der Waals surface area contributed by atoms with Crippen molar-refractivity contribution in [2.24, 2.45) is 0 Å². The van der Waals surface area contributed by atoms with Crippen molar-refractivity contribution in [3.05, 3.63) is 81.3 Å². The summed E-state index contributed by atoms with van der Waals surface area (Å²) in [5.74, 6) is -0.937. The number of fused-ring (bicyclic) bond motifs is 1. The normalized spacial score (nSPS) is 21.9. The number of thiazole rings is 1. The number of ether oxygens (including phenoxy) is 1.